The molecule has 1 atom stereocenters. The number of rotatable bonds is 10. The van der Waals surface area contributed by atoms with E-state index in [9.17, 15) is 5.26 Å². The van der Waals surface area contributed by atoms with E-state index in [-0.39, 0.29) is 5.92 Å². The van der Waals surface area contributed by atoms with Crippen LogP contribution in [0.2, 0.25) is 0 Å². The highest BCUT2D eigenvalue weighted by Gasteiger charge is 2.20. The zero-order valence-corrected chi connectivity index (χ0v) is 19.4. The molecule has 0 radical (unpaired) electrons. The van der Waals surface area contributed by atoms with Crippen LogP contribution in [0.15, 0.2) is 48.9 Å². The quantitative estimate of drug-likeness (QED) is 0.429. The van der Waals surface area contributed by atoms with Gasteiger partial charge in [-0.3, -0.25) is 4.98 Å². The molecule has 7 nitrogen and oxygen atoms in total. The maximum atomic E-state index is 9.20. The number of aromatic nitrogens is 3. The Morgan fingerprint density at radius 1 is 1.21 bits per heavy atom. The van der Waals surface area contributed by atoms with Gasteiger partial charge in [0.05, 0.1) is 42.6 Å². The van der Waals surface area contributed by atoms with Crippen molar-refractivity contribution in [3.63, 3.8) is 0 Å². The Kier molecular flexibility index (Phi) is 7.71. The number of allylic oxidation sites excluding steroid dienone is 2. The predicted molar refractivity (Wildman–Crippen MR) is 129 cm³/mol. The largest absolute Gasteiger partial charge is 0.494 e. The second-order valence-electron chi connectivity index (χ2n) is 8.48. The molecule has 1 aromatic carbocycles. The van der Waals surface area contributed by atoms with Crippen molar-refractivity contribution in [2.45, 2.75) is 25.7 Å². The molecule has 0 aliphatic heterocycles. The van der Waals surface area contributed by atoms with E-state index in [0.29, 0.717) is 6.61 Å². The van der Waals surface area contributed by atoms with Gasteiger partial charge in [-0.1, -0.05) is 18.2 Å². The first-order valence-corrected chi connectivity index (χ1v) is 11.5. The Morgan fingerprint density at radius 3 is 2.79 bits per heavy atom. The van der Waals surface area contributed by atoms with Crippen molar-refractivity contribution >= 4 is 11.1 Å². The molecule has 0 spiro atoms. The molecule has 2 aromatic heterocycles. The molecule has 2 heterocycles. The van der Waals surface area contributed by atoms with E-state index in [4.69, 9.17) is 14.5 Å². The number of methoxy groups -OCH3 is 1. The average Bonchev–Trinajstić information content (AvgIpc) is 3.30. The number of hydrogen-bond donors (Lipinski definition) is 0. The molecule has 0 saturated carbocycles. The minimum absolute atomic E-state index is 0.108. The summed E-state index contributed by atoms with van der Waals surface area (Å²) in [5.41, 5.74) is 5.29. The van der Waals surface area contributed by atoms with E-state index in [0.717, 1.165) is 73.5 Å². The molecular weight excluding hydrogens is 414 g/mol. The van der Waals surface area contributed by atoms with Crippen molar-refractivity contribution in [3.8, 4) is 22.9 Å². The monoisotopic (exact) mass is 445 g/mol. The second kappa shape index (κ2) is 11.1. The van der Waals surface area contributed by atoms with Gasteiger partial charge in [0.2, 0.25) is 0 Å². The van der Waals surface area contributed by atoms with E-state index in [1.54, 1.807) is 13.3 Å². The van der Waals surface area contributed by atoms with Gasteiger partial charge in [-0.15, -0.1) is 0 Å². The normalized spacial score (nSPS) is 16.1. The van der Waals surface area contributed by atoms with Gasteiger partial charge in [-0.2, -0.15) is 10.4 Å². The molecule has 0 saturated heterocycles. The molecule has 0 amide bonds. The Morgan fingerprint density at radius 2 is 2.06 bits per heavy atom. The van der Waals surface area contributed by atoms with E-state index in [1.165, 1.54) is 5.57 Å². The van der Waals surface area contributed by atoms with Crippen LogP contribution in [0, 0.1) is 17.2 Å². The van der Waals surface area contributed by atoms with Gasteiger partial charge in [-0.05, 0) is 56.0 Å². The molecule has 33 heavy (non-hydrogen) atoms. The number of likely N-dealkylation sites (N-methyl/N-ethyl adjacent to an activating group) is 1. The van der Waals surface area contributed by atoms with E-state index < -0.39 is 0 Å². The van der Waals surface area contributed by atoms with Gasteiger partial charge in [0, 0.05) is 38.2 Å². The fraction of sp³-hybridized carbons (Fsp3) is 0.423. The molecule has 0 bridgehead atoms. The van der Waals surface area contributed by atoms with Crippen molar-refractivity contribution < 1.29 is 9.47 Å². The molecule has 1 aliphatic rings. The lowest BCUT2D eigenvalue weighted by molar-refractivity contribution is 0.157. The Balaban J connectivity index is 1.45. The van der Waals surface area contributed by atoms with Crippen LogP contribution < -0.4 is 4.74 Å². The molecule has 1 aliphatic carbocycles. The van der Waals surface area contributed by atoms with Gasteiger partial charge in [0.25, 0.3) is 0 Å². The summed E-state index contributed by atoms with van der Waals surface area (Å²) in [6.07, 6.45) is 11.2. The average molecular weight is 446 g/mol. The highest BCUT2D eigenvalue weighted by atomic mass is 16.5. The number of hydrogen-bond acceptors (Lipinski definition) is 6. The summed E-state index contributed by atoms with van der Waals surface area (Å²) in [5, 5.41) is 13.8. The molecule has 1 unspecified atom stereocenters. The van der Waals surface area contributed by atoms with E-state index in [2.05, 4.69) is 41.3 Å². The van der Waals surface area contributed by atoms with Crippen LogP contribution in [0.4, 0.5) is 0 Å². The number of ether oxygens (including phenoxy) is 2. The number of nitrogens with zero attached hydrogens (tertiary/aromatic N) is 5. The zero-order valence-electron chi connectivity index (χ0n) is 19.4. The summed E-state index contributed by atoms with van der Waals surface area (Å²) in [4.78, 5) is 6.94. The van der Waals surface area contributed by atoms with Crippen LogP contribution in [0.25, 0.3) is 22.2 Å². The fourth-order valence-corrected chi connectivity index (χ4v) is 4.17. The summed E-state index contributed by atoms with van der Waals surface area (Å²) in [6, 6.07) is 10.6. The molecule has 0 fully saturated rings. The van der Waals surface area contributed by atoms with Crippen LogP contribution in [-0.2, 0) is 4.74 Å². The zero-order chi connectivity index (χ0) is 23.0. The lowest BCUT2D eigenvalue weighted by Gasteiger charge is -2.17. The van der Waals surface area contributed by atoms with Crippen molar-refractivity contribution in [1.82, 2.24) is 19.5 Å². The molecule has 172 valence electrons. The first-order valence-electron chi connectivity index (χ1n) is 11.5. The topological polar surface area (TPSA) is 75.7 Å². The summed E-state index contributed by atoms with van der Waals surface area (Å²) >= 11 is 0. The molecule has 3 aromatic rings. The van der Waals surface area contributed by atoms with E-state index in [1.807, 2.05) is 29.0 Å². The van der Waals surface area contributed by atoms with Gasteiger partial charge in [0.15, 0.2) is 0 Å². The minimum atomic E-state index is 0.108. The van der Waals surface area contributed by atoms with Crippen LogP contribution in [0.1, 0.15) is 31.4 Å². The Bertz CT molecular complexity index is 1130. The second-order valence-corrected chi connectivity index (χ2v) is 8.48. The van der Waals surface area contributed by atoms with Crippen LogP contribution in [0.5, 0.6) is 5.75 Å². The third-order valence-electron chi connectivity index (χ3n) is 6.12. The minimum Gasteiger partial charge on any atom is -0.494 e. The van der Waals surface area contributed by atoms with Crippen molar-refractivity contribution in [2.24, 2.45) is 5.92 Å². The van der Waals surface area contributed by atoms with Crippen LogP contribution in [-0.4, -0.2) is 60.0 Å². The third kappa shape index (κ3) is 5.59. The summed E-state index contributed by atoms with van der Waals surface area (Å²) in [5.74, 6) is 0.974. The number of benzene rings is 1. The van der Waals surface area contributed by atoms with Crippen molar-refractivity contribution in [1.29, 1.82) is 5.26 Å². The Hall–Kier alpha value is -3.21. The fourth-order valence-electron chi connectivity index (χ4n) is 4.17. The smallest absolute Gasteiger partial charge is 0.119 e. The van der Waals surface area contributed by atoms with Gasteiger partial charge in [-0.25, -0.2) is 4.52 Å². The third-order valence-corrected chi connectivity index (χ3v) is 6.12. The van der Waals surface area contributed by atoms with Crippen molar-refractivity contribution in [2.75, 3.05) is 40.5 Å². The SMILES string of the molecule is COCCN(C)CCCOc1ccc(-c2cnn3ccnc(C4=CCC(C#N)CC4)c23)cc1. The van der Waals surface area contributed by atoms with Gasteiger partial charge in [0.1, 0.15) is 5.75 Å². The lowest BCUT2D eigenvalue weighted by atomic mass is 9.88. The first-order chi connectivity index (χ1) is 16.2. The summed E-state index contributed by atoms with van der Waals surface area (Å²) in [6.45, 7) is 3.33. The van der Waals surface area contributed by atoms with Gasteiger partial charge < -0.3 is 14.4 Å². The first kappa shape index (κ1) is 23.0. The standard InChI is InChI=1S/C26H31N5O2/c1-30(15-17-32-2)13-3-16-33-23-10-8-21(9-11-23)24-19-29-31-14-12-28-25(26(24)31)22-6-4-20(18-27)5-7-22/h6,8-12,14,19-20H,3-5,7,13,15-17H2,1-2H3. The maximum Gasteiger partial charge on any atom is 0.119 e. The maximum absolute atomic E-state index is 9.20. The lowest BCUT2D eigenvalue weighted by Crippen LogP contribution is -2.25. The highest BCUT2D eigenvalue weighted by Crippen LogP contribution is 2.35. The van der Waals surface area contributed by atoms with Gasteiger partial charge >= 0.3 is 0 Å². The molecular formula is C26H31N5O2. The van der Waals surface area contributed by atoms with Crippen LogP contribution >= 0.6 is 0 Å². The summed E-state index contributed by atoms with van der Waals surface area (Å²) in [7, 11) is 3.82. The van der Waals surface area contributed by atoms with Crippen LogP contribution in [0.3, 0.4) is 0 Å². The number of nitriles is 1. The Labute approximate surface area is 195 Å². The predicted octanol–water partition coefficient (Wildman–Crippen LogP) is 4.45. The van der Waals surface area contributed by atoms with E-state index >= 15 is 0 Å². The summed E-state index contributed by atoms with van der Waals surface area (Å²) < 4.78 is 12.9. The highest BCUT2D eigenvalue weighted by molar-refractivity contribution is 5.88. The molecule has 7 heteroatoms. The molecule has 0 N–H and O–H groups in total. The van der Waals surface area contributed by atoms with Crippen molar-refractivity contribution in [3.05, 3.63) is 54.6 Å². The molecule has 4 rings (SSSR count). The number of fused-ring (bicyclic) bond motifs is 1.